The summed E-state index contributed by atoms with van der Waals surface area (Å²) in [6.07, 6.45) is 1.87. The van der Waals surface area contributed by atoms with Crippen molar-refractivity contribution >= 4 is 33.4 Å². The fourth-order valence-corrected chi connectivity index (χ4v) is 1.98. The molecule has 2 aromatic rings. The molecule has 94 valence electrons. The highest BCUT2D eigenvalue weighted by Gasteiger charge is 2.08. The quantitative estimate of drug-likeness (QED) is 0.913. The van der Waals surface area contributed by atoms with E-state index in [0.717, 1.165) is 28.3 Å². The molecule has 0 unspecified atom stereocenters. The lowest BCUT2D eigenvalue weighted by Crippen LogP contribution is -2.04. The summed E-state index contributed by atoms with van der Waals surface area (Å²) in [7, 11) is 0. The van der Waals surface area contributed by atoms with Gasteiger partial charge in [0.05, 0.1) is 6.20 Å². The molecule has 1 heterocycles. The van der Waals surface area contributed by atoms with Crippen molar-refractivity contribution in [3.63, 3.8) is 0 Å². The van der Waals surface area contributed by atoms with Crippen molar-refractivity contribution in [3.8, 4) is 0 Å². The van der Waals surface area contributed by atoms with Crippen LogP contribution >= 0.6 is 15.9 Å². The van der Waals surface area contributed by atoms with Crippen LogP contribution in [0.1, 0.15) is 12.5 Å². The topological polar surface area (TPSA) is 63.8 Å². The predicted molar refractivity (Wildman–Crippen MR) is 73.2 cm³/mol. The van der Waals surface area contributed by atoms with E-state index in [4.69, 9.17) is 5.73 Å². The van der Waals surface area contributed by atoms with Gasteiger partial charge in [0.25, 0.3) is 0 Å². The van der Waals surface area contributed by atoms with Gasteiger partial charge in [0, 0.05) is 10.2 Å². The Balaban J connectivity index is 2.36. The highest BCUT2D eigenvalue weighted by Crippen LogP contribution is 2.25. The summed E-state index contributed by atoms with van der Waals surface area (Å²) in [6, 6.07) is 5.72. The lowest BCUT2D eigenvalue weighted by Gasteiger charge is -2.11. The second-order valence-corrected chi connectivity index (χ2v) is 4.62. The fraction of sp³-hybridized carbons (Fsp3) is 0.167. The van der Waals surface area contributed by atoms with Crippen molar-refractivity contribution in [1.82, 2.24) is 9.97 Å². The van der Waals surface area contributed by atoms with Crippen molar-refractivity contribution in [3.05, 3.63) is 40.2 Å². The summed E-state index contributed by atoms with van der Waals surface area (Å²) in [5, 5.41) is 2.93. The maximum absolute atomic E-state index is 13.5. The molecule has 2 rings (SSSR count). The first-order valence-electron chi connectivity index (χ1n) is 5.43. The molecule has 0 atom stereocenters. The Kier molecular flexibility index (Phi) is 3.76. The number of nitrogen functional groups attached to an aromatic ring is 1. The molecule has 4 nitrogen and oxygen atoms in total. The van der Waals surface area contributed by atoms with Crippen molar-refractivity contribution in [2.24, 2.45) is 0 Å². The molecule has 6 heteroatoms. The third-order valence-electron chi connectivity index (χ3n) is 2.46. The minimum atomic E-state index is -0.533. The van der Waals surface area contributed by atoms with Crippen LogP contribution < -0.4 is 11.1 Å². The van der Waals surface area contributed by atoms with Gasteiger partial charge >= 0.3 is 0 Å². The third kappa shape index (κ3) is 2.76. The van der Waals surface area contributed by atoms with E-state index in [0.29, 0.717) is 0 Å². The number of hydrogen-bond acceptors (Lipinski definition) is 4. The third-order valence-corrected chi connectivity index (χ3v) is 2.96. The van der Waals surface area contributed by atoms with Gasteiger partial charge in [-0.3, -0.25) is 0 Å². The van der Waals surface area contributed by atoms with Crippen LogP contribution in [0.5, 0.6) is 0 Å². The first kappa shape index (κ1) is 12.8. The van der Waals surface area contributed by atoms with Crippen molar-refractivity contribution < 1.29 is 4.39 Å². The molecule has 0 aliphatic heterocycles. The molecule has 0 radical (unpaired) electrons. The van der Waals surface area contributed by atoms with Crippen LogP contribution in [-0.2, 0) is 6.42 Å². The van der Waals surface area contributed by atoms with E-state index in [-0.39, 0.29) is 11.8 Å². The summed E-state index contributed by atoms with van der Waals surface area (Å²) < 4.78 is 14.5. The molecular formula is C12H12BrFN4. The second kappa shape index (κ2) is 5.30. The lowest BCUT2D eigenvalue weighted by molar-refractivity contribution is 0.620. The normalized spacial score (nSPS) is 10.4. The molecule has 3 N–H and O–H groups in total. The highest BCUT2D eigenvalue weighted by atomic mass is 79.9. The standard InChI is InChI=1S/C12H12BrFN4/c1-2-7-5-8(13)3-4-10(7)17-11-9(14)6-16-12(15)18-11/h3-6H,2H2,1H3,(H3,15,16,17,18). The van der Waals surface area contributed by atoms with E-state index < -0.39 is 5.82 Å². The van der Waals surface area contributed by atoms with E-state index in [1.54, 1.807) is 0 Å². The highest BCUT2D eigenvalue weighted by molar-refractivity contribution is 9.10. The van der Waals surface area contributed by atoms with Crippen LogP contribution in [0.2, 0.25) is 0 Å². The zero-order valence-electron chi connectivity index (χ0n) is 9.74. The van der Waals surface area contributed by atoms with E-state index in [1.165, 1.54) is 0 Å². The SMILES string of the molecule is CCc1cc(Br)ccc1Nc1nc(N)ncc1F. The Bertz CT molecular complexity index is 574. The number of rotatable bonds is 3. The molecule has 0 aliphatic carbocycles. The largest absolute Gasteiger partial charge is 0.368 e. The van der Waals surface area contributed by atoms with Crippen LogP contribution in [0, 0.1) is 5.82 Å². The number of nitrogens with two attached hydrogens (primary N) is 1. The number of halogens is 2. The monoisotopic (exact) mass is 310 g/mol. The summed E-state index contributed by atoms with van der Waals surface area (Å²) in [5.74, 6) is -0.414. The fourth-order valence-electron chi connectivity index (χ4n) is 1.57. The van der Waals surface area contributed by atoms with Gasteiger partial charge in [0.2, 0.25) is 5.95 Å². The smallest absolute Gasteiger partial charge is 0.222 e. The summed E-state index contributed by atoms with van der Waals surface area (Å²) >= 11 is 3.40. The molecule has 18 heavy (non-hydrogen) atoms. The number of aryl methyl sites for hydroxylation is 1. The van der Waals surface area contributed by atoms with Gasteiger partial charge in [-0.25, -0.2) is 9.37 Å². The summed E-state index contributed by atoms with van der Waals surface area (Å²) in [6.45, 7) is 2.03. The van der Waals surface area contributed by atoms with Gasteiger partial charge in [-0.2, -0.15) is 4.98 Å². The van der Waals surface area contributed by atoms with E-state index in [1.807, 2.05) is 25.1 Å². The molecular weight excluding hydrogens is 299 g/mol. The number of anilines is 3. The Morgan fingerprint density at radius 2 is 2.22 bits per heavy atom. The molecule has 0 bridgehead atoms. The van der Waals surface area contributed by atoms with Gasteiger partial charge in [-0.15, -0.1) is 0 Å². The average Bonchev–Trinajstić information content (AvgIpc) is 2.36. The Hall–Kier alpha value is -1.69. The van der Waals surface area contributed by atoms with Gasteiger partial charge in [-0.05, 0) is 30.2 Å². The van der Waals surface area contributed by atoms with Crippen molar-refractivity contribution in [2.75, 3.05) is 11.1 Å². The first-order valence-corrected chi connectivity index (χ1v) is 6.23. The molecule has 1 aromatic carbocycles. The Labute approximate surface area is 113 Å². The van der Waals surface area contributed by atoms with Crippen LogP contribution in [0.3, 0.4) is 0 Å². The Morgan fingerprint density at radius 3 is 2.94 bits per heavy atom. The minimum absolute atomic E-state index is 0.0362. The van der Waals surface area contributed by atoms with E-state index in [9.17, 15) is 4.39 Å². The molecule has 0 amide bonds. The maximum Gasteiger partial charge on any atom is 0.222 e. The average molecular weight is 311 g/mol. The van der Waals surface area contributed by atoms with Gasteiger partial charge < -0.3 is 11.1 Å². The second-order valence-electron chi connectivity index (χ2n) is 3.70. The number of benzene rings is 1. The first-order chi connectivity index (χ1) is 8.60. The molecule has 0 saturated carbocycles. The van der Waals surface area contributed by atoms with E-state index >= 15 is 0 Å². The summed E-state index contributed by atoms with van der Waals surface area (Å²) in [4.78, 5) is 7.42. The van der Waals surface area contributed by atoms with Gasteiger partial charge in [0.15, 0.2) is 11.6 Å². The van der Waals surface area contributed by atoms with Crippen LogP contribution in [0.25, 0.3) is 0 Å². The molecule has 0 saturated heterocycles. The maximum atomic E-state index is 13.5. The molecule has 0 fully saturated rings. The van der Waals surface area contributed by atoms with Gasteiger partial charge in [0.1, 0.15) is 0 Å². The minimum Gasteiger partial charge on any atom is -0.368 e. The zero-order chi connectivity index (χ0) is 13.1. The number of aromatic nitrogens is 2. The number of nitrogens with zero attached hydrogens (tertiary/aromatic N) is 2. The predicted octanol–water partition coefficient (Wildman–Crippen LogP) is 3.27. The zero-order valence-corrected chi connectivity index (χ0v) is 11.3. The molecule has 1 aromatic heterocycles. The van der Waals surface area contributed by atoms with E-state index in [2.05, 4.69) is 31.2 Å². The van der Waals surface area contributed by atoms with Crippen molar-refractivity contribution in [2.45, 2.75) is 13.3 Å². The van der Waals surface area contributed by atoms with Crippen LogP contribution in [-0.4, -0.2) is 9.97 Å². The van der Waals surface area contributed by atoms with Crippen molar-refractivity contribution in [1.29, 1.82) is 0 Å². The number of hydrogen-bond donors (Lipinski definition) is 2. The summed E-state index contributed by atoms with van der Waals surface area (Å²) in [5.41, 5.74) is 7.30. The van der Waals surface area contributed by atoms with Crippen LogP contribution in [0.4, 0.5) is 21.8 Å². The Morgan fingerprint density at radius 1 is 1.44 bits per heavy atom. The molecule has 0 aliphatic rings. The van der Waals surface area contributed by atoms with Crippen LogP contribution in [0.15, 0.2) is 28.9 Å². The van der Waals surface area contributed by atoms with Gasteiger partial charge in [-0.1, -0.05) is 22.9 Å². The number of nitrogens with one attached hydrogen (secondary N) is 1. The molecule has 0 spiro atoms. The lowest BCUT2D eigenvalue weighted by atomic mass is 10.1.